The summed E-state index contributed by atoms with van der Waals surface area (Å²) < 4.78 is 8.42. The topological polar surface area (TPSA) is 115 Å². The van der Waals surface area contributed by atoms with Gasteiger partial charge in [0.05, 0.1) is 35.5 Å². The average molecular weight is 375 g/mol. The highest BCUT2D eigenvalue weighted by Crippen LogP contribution is 2.25. The molecule has 26 heavy (non-hydrogen) atoms. The van der Waals surface area contributed by atoms with Crippen LogP contribution < -0.4 is 5.56 Å². The first-order valence-corrected chi connectivity index (χ1v) is 8.15. The van der Waals surface area contributed by atoms with E-state index in [1.165, 1.54) is 13.2 Å². The first kappa shape index (κ1) is 18.0. The SMILES string of the molecule is COCCn1c(=S)[nH]c(=O)c2c(C(=O)O)cc(-c3cn(C)nc3C)nc21. The number of aromatic nitrogens is 5. The Morgan fingerprint density at radius 1 is 1.46 bits per heavy atom. The summed E-state index contributed by atoms with van der Waals surface area (Å²) in [7, 11) is 3.30. The van der Waals surface area contributed by atoms with Crippen molar-refractivity contribution in [3.8, 4) is 11.3 Å². The molecule has 0 aliphatic heterocycles. The maximum atomic E-state index is 12.4. The third-order valence-electron chi connectivity index (χ3n) is 3.99. The number of hydrogen-bond acceptors (Lipinski definition) is 6. The lowest BCUT2D eigenvalue weighted by Gasteiger charge is -2.12. The van der Waals surface area contributed by atoms with Gasteiger partial charge in [0.15, 0.2) is 4.77 Å². The lowest BCUT2D eigenvalue weighted by atomic mass is 10.1. The molecule has 3 aromatic rings. The van der Waals surface area contributed by atoms with E-state index >= 15 is 0 Å². The largest absolute Gasteiger partial charge is 0.478 e. The number of hydrogen-bond donors (Lipinski definition) is 2. The zero-order chi connectivity index (χ0) is 19.0. The number of fused-ring (bicyclic) bond motifs is 1. The molecular formula is C16H17N5O4S. The van der Waals surface area contributed by atoms with E-state index in [4.69, 9.17) is 17.0 Å². The summed E-state index contributed by atoms with van der Waals surface area (Å²) in [5.74, 6) is -1.22. The molecule has 3 heterocycles. The van der Waals surface area contributed by atoms with Gasteiger partial charge in [-0.05, 0) is 25.2 Å². The van der Waals surface area contributed by atoms with Gasteiger partial charge in [0.2, 0.25) is 0 Å². The van der Waals surface area contributed by atoms with Gasteiger partial charge >= 0.3 is 5.97 Å². The smallest absolute Gasteiger partial charge is 0.336 e. The Hall–Kier alpha value is -2.85. The Bertz CT molecular complexity index is 1130. The second kappa shape index (κ2) is 6.81. The van der Waals surface area contributed by atoms with Crippen LogP contribution in [0.25, 0.3) is 22.3 Å². The molecule has 0 bridgehead atoms. The quantitative estimate of drug-likeness (QED) is 0.650. The molecule has 0 fully saturated rings. The number of carbonyl (C=O) groups is 1. The summed E-state index contributed by atoms with van der Waals surface area (Å²) in [6.07, 6.45) is 1.75. The number of nitrogens with one attached hydrogen (secondary N) is 1. The van der Waals surface area contributed by atoms with E-state index in [2.05, 4.69) is 15.1 Å². The zero-order valence-corrected chi connectivity index (χ0v) is 15.3. The molecule has 10 heteroatoms. The van der Waals surface area contributed by atoms with Gasteiger partial charge in [0.25, 0.3) is 5.56 Å². The number of aromatic carboxylic acids is 1. The van der Waals surface area contributed by atoms with E-state index < -0.39 is 11.5 Å². The number of rotatable bonds is 5. The molecule has 0 unspecified atom stereocenters. The fourth-order valence-corrected chi connectivity index (χ4v) is 3.09. The third kappa shape index (κ3) is 3.04. The minimum Gasteiger partial charge on any atom is -0.478 e. The van der Waals surface area contributed by atoms with Crippen LogP contribution >= 0.6 is 12.2 Å². The van der Waals surface area contributed by atoms with Gasteiger partial charge in [-0.2, -0.15) is 5.10 Å². The molecule has 0 amide bonds. The van der Waals surface area contributed by atoms with Crippen LogP contribution in [-0.4, -0.2) is 49.1 Å². The van der Waals surface area contributed by atoms with Crippen LogP contribution in [0, 0.1) is 11.7 Å². The molecule has 3 rings (SSSR count). The fraction of sp³-hybridized carbons (Fsp3) is 0.312. The molecule has 0 aromatic carbocycles. The Balaban J connectivity index is 2.43. The number of aryl methyl sites for hydroxylation is 2. The number of pyridine rings is 1. The first-order valence-electron chi connectivity index (χ1n) is 7.74. The average Bonchev–Trinajstić information content (AvgIpc) is 2.91. The zero-order valence-electron chi connectivity index (χ0n) is 14.4. The van der Waals surface area contributed by atoms with Gasteiger partial charge in [-0.1, -0.05) is 0 Å². The van der Waals surface area contributed by atoms with Gasteiger partial charge in [-0.3, -0.25) is 14.5 Å². The summed E-state index contributed by atoms with van der Waals surface area (Å²) in [6, 6.07) is 1.38. The van der Waals surface area contributed by atoms with Crippen molar-refractivity contribution in [3.05, 3.63) is 38.6 Å². The number of nitrogens with zero attached hydrogens (tertiary/aromatic N) is 4. The number of carboxylic acid groups (broad SMARTS) is 1. The molecule has 0 saturated heterocycles. The van der Waals surface area contributed by atoms with Crippen molar-refractivity contribution in [2.75, 3.05) is 13.7 Å². The van der Waals surface area contributed by atoms with Crippen LogP contribution in [0.2, 0.25) is 0 Å². The van der Waals surface area contributed by atoms with Crippen LogP contribution in [0.4, 0.5) is 0 Å². The van der Waals surface area contributed by atoms with Crippen LogP contribution in [0.15, 0.2) is 17.1 Å². The van der Waals surface area contributed by atoms with Gasteiger partial charge in [0, 0.05) is 25.9 Å². The Morgan fingerprint density at radius 3 is 2.77 bits per heavy atom. The highest BCUT2D eigenvalue weighted by Gasteiger charge is 2.20. The Kier molecular flexibility index (Phi) is 4.70. The molecule has 0 radical (unpaired) electrons. The van der Waals surface area contributed by atoms with Crippen LogP contribution in [0.5, 0.6) is 0 Å². The van der Waals surface area contributed by atoms with Gasteiger partial charge < -0.3 is 14.4 Å². The van der Waals surface area contributed by atoms with E-state index in [0.29, 0.717) is 30.1 Å². The van der Waals surface area contributed by atoms with Crippen molar-refractivity contribution in [1.29, 1.82) is 0 Å². The predicted octanol–water partition coefficient (Wildman–Crippen LogP) is 1.51. The molecule has 0 aliphatic rings. The van der Waals surface area contributed by atoms with Crippen molar-refractivity contribution >= 4 is 29.2 Å². The highest BCUT2D eigenvalue weighted by atomic mass is 32.1. The highest BCUT2D eigenvalue weighted by molar-refractivity contribution is 7.71. The second-order valence-corrected chi connectivity index (χ2v) is 6.15. The minimum absolute atomic E-state index is 0.0208. The van der Waals surface area contributed by atoms with E-state index in [0.717, 1.165) is 0 Å². The first-order chi connectivity index (χ1) is 12.3. The van der Waals surface area contributed by atoms with Crippen LogP contribution in [0.1, 0.15) is 16.1 Å². The summed E-state index contributed by atoms with van der Waals surface area (Å²) in [5.41, 5.74) is 1.26. The van der Waals surface area contributed by atoms with Crippen LogP contribution in [-0.2, 0) is 18.3 Å². The van der Waals surface area contributed by atoms with Crippen molar-refractivity contribution < 1.29 is 14.6 Å². The van der Waals surface area contributed by atoms with Crippen LogP contribution in [0.3, 0.4) is 0 Å². The van der Waals surface area contributed by atoms with E-state index in [9.17, 15) is 14.7 Å². The lowest BCUT2D eigenvalue weighted by Crippen LogP contribution is -2.20. The summed E-state index contributed by atoms with van der Waals surface area (Å²) in [6.45, 7) is 2.46. The molecule has 2 N–H and O–H groups in total. The fourth-order valence-electron chi connectivity index (χ4n) is 2.82. The van der Waals surface area contributed by atoms with Gasteiger partial charge in [0.1, 0.15) is 5.65 Å². The van der Waals surface area contributed by atoms with Crippen molar-refractivity contribution in [3.63, 3.8) is 0 Å². The lowest BCUT2D eigenvalue weighted by molar-refractivity contribution is 0.0699. The number of ether oxygens (including phenoxy) is 1. The van der Waals surface area contributed by atoms with E-state index in [1.54, 1.807) is 29.4 Å². The molecule has 0 saturated carbocycles. The van der Waals surface area contributed by atoms with Crippen molar-refractivity contribution in [2.24, 2.45) is 7.05 Å². The van der Waals surface area contributed by atoms with Gasteiger partial charge in [-0.25, -0.2) is 9.78 Å². The van der Waals surface area contributed by atoms with Crippen molar-refractivity contribution in [2.45, 2.75) is 13.5 Å². The summed E-state index contributed by atoms with van der Waals surface area (Å²) in [5, 5.41) is 13.9. The molecule has 0 spiro atoms. The molecule has 136 valence electrons. The monoisotopic (exact) mass is 375 g/mol. The number of methoxy groups -OCH3 is 1. The molecule has 0 aliphatic carbocycles. The number of carboxylic acids is 1. The van der Waals surface area contributed by atoms with E-state index in [1.807, 2.05) is 0 Å². The standard InChI is InChI=1S/C16H17N5O4S/c1-8-10(7-20(2)19-8)11-6-9(15(23)24)12-13(17-11)21(4-5-25-3)16(26)18-14(12)22/h6-7H,4-5H2,1-3H3,(H,23,24)(H,18,22,26). The maximum Gasteiger partial charge on any atom is 0.336 e. The normalized spacial score (nSPS) is 11.2. The third-order valence-corrected chi connectivity index (χ3v) is 4.31. The molecule has 0 atom stereocenters. The second-order valence-electron chi connectivity index (χ2n) is 5.76. The summed E-state index contributed by atoms with van der Waals surface area (Å²) >= 11 is 5.23. The number of aromatic amines is 1. The maximum absolute atomic E-state index is 12.4. The molecular weight excluding hydrogens is 358 g/mol. The minimum atomic E-state index is -1.22. The van der Waals surface area contributed by atoms with Gasteiger partial charge in [-0.15, -0.1) is 0 Å². The van der Waals surface area contributed by atoms with E-state index in [-0.39, 0.29) is 21.4 Å². The molecule has 9 nitrogen and oxygen atoms in total. The summed E-state index contributed by atoms with van der Waals surface area (Å²) in [4.78, 5) is 31.2. The predicted molar refractivity (Wildman–Crippen MR) is 97.0 cm³/mol. The van der Waals surface area contributed by atoms with Crippen molar-refractivity contribution in [1.82, 2.24) is 24.3 Å². The number of H-pyrrole nitrogens is 1. The Labute approximate surface area is 152 Å². The molecule has 3 aromatic heterocycles. The Morgan fingerprint density at radius 2 is 2.19 bits per heavy atom.